The summed E-state index contributed by atoms with van der Waals surface area (Å²) in [6.07, 6.45) is 2.00. The van der Waals surface area contributed by atoms with Gasteiger partial charge in [0.05, 0.1) is 12.2 Å². The molecule has 0 saturated carbocycles. The molecule has 1 saturated heterocycles. The molecule has 1 N–H and O–H groups in total. The molecule has 2 aliphatic heterocycles. The van der Waals surface area contributed by atoms with E-state index < -0.39 is 5.60 Å². The van der Waals surface area contributed by atoms with Crippen molar-refractivity contribution in [3.8, 4) is 5.75 Å². The minimum Gasteiger partial charge on any atom is -0.493 e. The van der Waals surface area contributed by atoms with E-state index in [-0.39, 0.29) is 0 Å². The van der Waals surface area contributed by atoms with Crippen LogP contribution in [-0.4, -0.2) is 41.8 Å². The van der Waals surface area contributed by atoms with E-state index in [4.69, 9.17) is 4.74 Å². The van der Waals surface area contributed by atoms with Gasteiger partial charge < -0.3 is 9.84 Å². The van der Waals surface area contributed by atoms with Crippen LogP contribution in [0.3, 0.4) is 0 Å². The largest absolute Gasteiger partial charge is 0.493 e. The van der Waals surface area contributed by atoms with Crippen LogP contribution in [0, 0.1) is 0 Å². The van der Waals surface area contributed by atoms with E-state index in [1.165, 1.54) is 5.56 Å². The number of piperidine rings is 1. The van der Waals surface area contributed by atoms with E-state index in [1.807, 2.05) is 19.1 Å². The fourth-order valence-corrected chi connectivity index (χ4v) is 3.17. The zero-order valence-corrected chi connectivity index (χ0v) is 10.9. The van der Waals surface area contributed by atoms with Crippen LogP contribution in [0.25, 0.3) is 0 Å². The van der Waals surface area contributed by atoms with Crippen molar-refractivity contribution in [2.24, 2.45) is 0 Å². The summed E-state index contributed by atoms with van der Waals surface area (Å²) in [5.41, 5.74) is 0.805. The Morgan fingerprint density at radius 2 is 2.28 bits per heavy atom. The van der Waals surface area contributed by atoms with Gasteiger partial charge in [0.25, 0.3) is 0 Å². The number of likely N-dealkylation sites (tertiary alicyclic amines) is 1. The van der Waals surface area contributed by atoms with Crippen LogP contribution >= 0.6 is 0 Å². The van der Waals surface area contributed by atoms with Crippen molar-refractivity contribution in [1.82, 2.24) is 4.90 Å². The van der Waals surface area contributed by atoms with Gasteiger partial charge in [-0.25, -0.2) is 0 Å². The van der Waals surface area contributed by atoms with E-state index in [9.17, 15) is 5.11 Å². The third-order valence-corrected chi connectivity index (χ3v) is 4.03. The molecular weight excluding hydrogens is 226 g/mol. The van der Waals surface area contributed by atoms with E-state index >= 15 is 0 Å². The number of para-hydroxylation sites is 1. The average molecular weight is 247 g/mol. The number of hydrogen-bond donors (Lipinski definition) is 1. The molecule has 3 heteroatoms. The topological polar surface area (TPSA) is 32.7 Å². The Bertz CT molecular complexity index is 430. The van der Waals surface area contributed by atoms with Crippen LogP contribution in [-0.2, 0) is 0 Å². The Labute approximate surface area is 108 Å². The maximum absolute atomic E-state index is 10.1. The molecule has 0 aromatic heterocycles. The highest BCUT2D eigenvalue weighted by Gasteiger charge is 2.32. The minimum absolute atomic E-state index is 0.454. The van der Waals surface area contributed by atoms with Crippen molar-refractivity contribution in [3.05, 3.63) is 29.8 Å². The molecule has 98 valence electrons. The minimum atomic E-state index is -0.517. The number of ether oxygens (including phenoxy) is 1. The number of fused-ring (bicyclic) bond motifs is 1. The lowest BCUT2D eigenvalue weighted by Gasteiger charge is -2.37. The summed E-state index contributed by atoms with van der Waals surface area (Å²) in [6, 6.07) is 8.30. The monoisotopic (exact) mass is 247 g/mol. The van der Waals surface area contributed by atoms with Gasteiger partial charge >= 0.3 is 0 Å². The molecule has 2 aliphatic rings. The van der Waals surface area contributed by atoms with Gasteiger partial charge in [-0.1, -0.05) is 18.2 Å². The molecule has 1 aromatic rings. The van der Waals surface area contributed by atoms with Crippen molar-refractivity contribution in [2.75, 3.05) is 26.2 Å². The quantitative estimate of drug-likeness (QED) is 0.867. The van der Waals surface area contributed by atoms with Crippen LogP contribution < -0.4 is 4.74 Å². The smallest absolute Gasteiger partial charge is 0.122 e. The summed E-state index contributed by atoms with van der Waals surface area (Å²) in [5.74, 6) is 1.49. The lowest BCUT2D eigenvalue weighted by atomic mass is 9.93. The van der Waals surface area contributed by atoms with Gasteiger partial charge in [-0.2, -0.15) is 0 Å². The molecule has 0 aliphatic carbocycles. The molecule has 1 aromatic carbocycles. The first-order valence-corrected chi connectivity index (χ1v) is 6.80. The molecule has 18 heavy (non-hydrogen) atoms. The molecule has 3 nitrogen and oxygen atoms in total. The van der Waals surface area contributed by atoms with Gasteiger partial charge in [0.15, 0.2) is 0 Å². The Morgan fingerprint density at radius 3 is 3.11 bits per heavy atom. The average Bonchev–Trinajstić information content (AvgIpc) is 2.72. The Kier molecular flexibility index (Phi) is 3.04. The van der Waals surface area contributed by atoms with Crippen LogP contribution in [0.4, 0.5) is 0 Å². The second kappa shape index (κ2) is 4.56. The summed E-state index contributed by atoms with van der Waals surface area (Å²) in [6.45, 7) is 5.59. The Balaban J connectivity index is 1.68. The molecule has 2 heterocycles. The number of rotatable bonds is 2. The maximum atomic E-state index is 10.1. The van der Waals surface area contributed by atoms with Crippen LogP contribution in [0.2, 0.25) is 0 Å². The zero-order valence-electron chi connectivity index (χ0n) is 10.9. The molecule has 0 amide bonds. The Morgan fingerprint density at radius 1 is 1.44 bits per heavy atom. The predicted molar refractivity (Wildman–Crippen MR) is 71.0 cm³/mol. The fourth-order valence-electron chi connectivity index (χ4n) is 3.17. The normalized spacial score (nSPS) is 32.0. The summed E-state index contributed by atoms with van der Waals surface area (Å²) >= 11 is 0. The van der Waals surface area contributed by atoms with Gasteiger partial charge in [0.2, 0.25) is 0 Å². The zero-order chi connectivity index (χ0) is 12.6. The SMILES string of the molecule is CC1(O)CCCN(CC2COc3ccccc32)C1. The molecular formula is C15H21NO2. The van der Waals surface area contributed by atoms with Crippen molar-refractivity contribution in [2.45, 2.75) is 31.3 Å². The molecule has 3 rings (SSSR count). The molecule has 2 atom stereocenters. The van der Waals surface area contributed by atoms with E-state index in [0.29, 0.717) is 5.92 Å². The number of aliphatic hydroxyl groups is 1. The lowest BCUT2D eigenvalue weighted by molar-refractivity contribution is -0.0176. The first kappa shape index (κ1) is 12.0. The number of β-amino-alcohol motifs (C(OH)–C–C–N with tert-alkyl or cyclic N) is 1. The van der Waals surface area contributed by atoms with Gasteiger partial charge in [0.1, 0.15) is 5.75 Å². The summed E-state index contributed by atoms with van der Waals surface area (Å²) in [5, 5.41) is 10.1. The molecule has 2 unspecified atom stereocenters. The maximum Gasteiger partial charge on any atom is 0.122 e. The molecule has 0 bridgehead atoms. The highest BCUT2D eigenvalue weighted by atomic mass is 16.5. The summed E-state index contributed by atoms with van der Waals surface area (Å²) in [7, 11) is 0. The fraction of sp³-hybridized carbons (Fsp3) is 0.600. The van der Waals surface area contributed by atoms with Gasteiger partial charge in [0, 0.05) is 24.6 Å². The third-order valence-electron chi connectivity index (χ3n) is 4.03. The highest BCUT2D eigenvalue weighted by molar-refractivity contribution is 5.39. The van der Waals surface area contributed by atoms with Crippen molar-refractivity contribution in [1.29, 1.82) is 0 Å². The molecule has 0 spiro atoms. The van der Waals surface area contributed by atoms with Crippen molar-refractivity contribution >= 4 is 0 Å². The van der Waals surface area contributed by atoms with E-state index in [2.05, 4.69) is 17.0 Å². The Hall–Kier alpha value is -1.06. The number of benzene rings is 1. The van der Waals surface area contributed by atoms with Crippen LogP contribution in [0.1, 0.15) is 31.2 Å². The predicted octanol–water partition coefficient (Wildman–Crippen LogP) is 2.01. The van der Waals surface area contributed by atoms with Crippen LogP contribution in [0.15, 0.2) is 24.3 Å². The van der Waals surface area contributed by atoms with E-state index in [0.717, 1.165) is 44.8 Å². The van der Waals surface area contributed by atoms with Crippen molar-refractivity contribution in [3.63, 3.8) is 0 Å². The highest BCUT2D eigenvalue weighted by Crippen LogP contribution is 2.34. The first-order valence-electron chi connectivity index (χ1n) is 6.80. The van der Waals surface area contributed by atoms with Gasteiger partial charge in [-0.15, -0.1) is 0 Å². The number of nitrogens with zero attached hydrogens (tertiary/aromatic N) is 1. The van der Waals surface area contributed by atoms with Crippen LogP contribution in [0.5, 0.6) is 5.75 Å². The summed E-state index contributed by atoms with van der Waals surface area (Å²) in [4.78, 5) is 2.37. The standard InChI is InChI=1S/C15H21NO2/c1-15(17)7-4-8-16(11-15)9-12-10-18-14-6-3-2-5-13(12)14/h2-3,5-6,12,17H,4,7-11H2,1H3. The molecule has 1 fully saturated rings. The number of hydrogen-bond acceptors (Lipinski definition) is 3. The van der Waals surface area contributed by atoms with Gasteiger partial charge in [-0.3, -0.25) is 4.90 Å². The summed E-state index contributed by atoms with van der Waals surface area (Å²) < 4.78 is 5.72. The van der Waals surface area contributed by atoms with Gasteiger partial charge in [-0.05, 0) is 32.4 Å². The first-order chi connectivity index (χ1) is 8.64. The second-order valence-corrected chi connectivity index (χ2v) is 5.88. The lowest BCUT2D eigenvalue weighted by Crippen LogP contribution is -2.47. The second-order valence-electron chi connectivity index (χ2n) is 5.88. The van der Waals surface area contributed by atoms with E-state index in [1.54, 1.807) is 0 Å². The third kappa shape index (κ3) is 2.38. The van der Waals surface area contributed by atoms with Crippen molar-refractivity contribution < 1.29 is 9.84 Å². The molecule has 0 radical (unpaired) electrons.